The first-order chi connectivity index (χ1) is 7.20. The van der Waals surface area contributed by atoms with Gasteiger partial charge in [-0.1, -0.05) is 19.8 Å². The Morgan fingerprint density at radius 3 is 3.07 bits per heavy atom. The van der Waals surface area contributed by atoms with Crippen LogP contribution in [0.2, 0.25) is 0 Å². The van der Waals surface area contributed by atoms with Gasteiger partial charge in [-0.05, 0) is 24.5 Å². The minimum absolute atomic E-state index is 0.0521. The third kappa shape index (κ3) is 2.23. The summed E-state index contributed by atoms with van der Waals surface area (Å²) < 4.78 is 5.14. The molecule has 2 rings (SSSR count). The third-order valence-electron chi connectivity index (χ3n) is 3.30. The van der Waals surface area contributed by atoms with Crippen LogP contribution in [0.15, 0.2) is 11.6 Å². The molecule has 0 bridgehead atoms. The van der Waals surface area contributed by atoms with E-state index in [1.54, 1.807) is 0 Å². The number of esters is 1. The molecule has 1 aliphatic carbocycles. The van der Waals surface area contributed by atoms with E-state index in [-0.39, 0.29) is 18.2 Å². The zero-order chi connectivity index (χ0) is 10.8. The van der Waals surface area contributed by atoms with Gasteiger partial charge in [-0.15, -0.1) is 0 Å². The van der Waals surface area contributed by atoms with E-state index in [9.17, 15) is 9.90 Å². The van der Waals surface area contributed by atoms with Gasteiger partial charge >= 0.3 is 5.97 Å². The molecular formula is C12H18O3. The van der Waals surface area contributed by atoms with E-state index in [0.717, 1.165) is 31.3 Å². The number of hydrogen-bond acceptors (Lipinski definition) is 3. The molecule has 3 nitrogen and oxygen atoms in total. The Balaban J connectivity index is 1.90. The summed E-state index contributed by atoms with van der Waals surface area (Å²) in [4.78, 5) is 11.0. The normalized spacial score (nSPS) is 31.1. The molecule has 0 aromatic carbocycles. The maximum absolute atomic E-state index is 11.0. The molecule has 1 fully saturated rings. The summed E-state index contributed by atoms with van der Waals surface area (Å²) in [5.41, 5.74) is 1.07. The van der Waals surface area contributed by atoms with Gasteiger partial charge in [-0.3, -0.25) is 4.79 Å². The van der Waals surface area contributed by atoms with Crippen LogP contribution in [0.25, 0.3) is 0 Å². The number of rotatable bonds is 4. The first-order valence-corrected chi connectivity index (χ1v) is 5.79. The Labute approximate surface area is 90.1 Å². The van der Waals surface area contributed by atoms with Crippen LogP contribution in [0.1, 0.15) is 39.0 Å². The third-order valence-corrected chi connectivity index (χ3v) is 3.30. The van der Waals surface area contributed by atoms with Gasteiger partial charge in [0.25, 0.3) is 0 Å². The Kier molecular flexibility index (Phi) is 3.10. The second-order valence-corrected chi connectivity index (χ2v) is 4.52. The van der Waals surface area contributed by atoms with Gasteiger partial charge < -0.3 is 9.84 Å². The topological polar surface area (TPSA) is 46.5 Å². The van der Waals surface area contributed by atoms with Crippen LogP contribution in [0.4, 0.5) is 0 Å². The van der Waals surface area contributed by atoms with Crippen molar-refractivity contribution in [3.8, 4) is 0 Å². The lowest BCUT2D eigenvalue weighted by molar-refractivity contribution is -0.140. The maximum Gasteiger partial charge on any atom is 0.306 e. The van der Waals surface area contributed by atoms with Gasteiger partial charge in [0.1, 0.15) is 6.10 Å². The van der Waals surface area contributed by atoms with Crippen molar-refractivity contribution in [1.29, 1.82) is 0 Å². The number of ether oxygens (including phenoxy) is 1. The quantitative estimate of drug-likeness (QED) is 0.568. The lowest BCUT2D eigenvalue weighted by Crippen LogP contribution is -2.10. The molecule has 0 amide bonds. The monoisotopic (exact) mass is 210 g/mol. The second kappa shape index (κ2) is 4.35. The molecule has 0 aromatic rings. The van der Waals surface area contributed by atoms with Crippen molar-refractivity contribution in [3.63, 3.8) is 0 Å². The number of carbonyl (C=O) groups excluding carboxylic acids is 1. The minimum Gasteiger partial charge on any atom is -0.458 e. The van der Waals surface area contributed by atoms with Gasteiger partial charge in [0.15, 0.2) is 0 Å². The first kappa shape index (κ1) is 10.7. The summed E-state index contributed by atoms with van der Waals surface area (Å²) in [6, 6.07) is 0. The largest absolute Gasteiger partial charge is 0.458 e. The lowest BCUT2D eigenvalue weighted by atomic mass is 9.98. The first-order valence-electron chi connectivity index (χ1n) is 5.79. The number of aliphatic hydroxyl groups is 1. The summed E-state index contributed by atoms with van der Waals surface area (Å²) in [6.07, 6.45) is 5.91. The zero-order valence-electron chi connectivity index (χ0n) is 9.11. The Morgan fingerprint density at radius 1 is 1.60 bits per heavy atom. The summed E-state index contributed by atoms with van der Waals surface area (Å²) in [6.45, 7) is 2.12. The molecule has 84 valence electrons. The molecule has 0 aromatic heterocycles. The van der Waals surface area contributed by atoms with Gasteiger partial charge in [0.05, 0.1) is 12.5 Å². The van der Waals surface area contributed by atoms with Crippen molar-refractivity contribution in [2.75, 3.05) is 0 Å². The van der Waals surface area contributed by atoms with E-state index in [2.05, 4.69) is 6.92 Å². The van der Waals surface area contributed by atoms with Crippen molar-refractivity contribution < 1.29 is 14.6 Å². The second-order valence-electron chi connectivity index (χ2n) is 4.52. The molecule has 15 heavy (non-hydrogen) atoms. The molecule has 3 atom stereocenters. The molecule has 1 saturated heterocycles. The van der Waals surface area contributed by atoms with E-state index >= 15 is 0 Å². The van der Waals surface area contributed by atoms with E-state index < -0.39 is 0 Å². The van der Waals surface area contributed by atoms with Crippen LogP contribution in [0.3, 0.4) is 0 Å². The summed E-state index contributed by atoms with van der Waals surface area (Å²) >= 11 is 0. The molecule has 0 radical (unpaired) electrons. The summed E-state index contributed by atoms with van der Waals surface area (Å²) in [5.74, 6) is 0.201. The predicted octanol–water partition coefficient (Wildman–Crippen LogP) is 1.80. The van der Waals surface area contributed by atoms with E-state index in [1.165, 1.54) is 0 Å². The fourth-order valence-corrected chi connectivity index (χ4v) is 2.40. The molecule has 0 unspecified atom stereocenters. The number of fused-ring (bicyclic) bond motifs is 1. The standard InChI is InChI=1S/C12H18O3/c1-2-3-4-10(13)8-5-9-7-12(14)15-11(9)6-8/h6,9-11,13H,2-5,7H2,1H3/t9-,10+,11-/m1/s1. The maximum atomic E-state index is 11.0. The van der Waals surface area contributed by atoms with E-state index in [1.807, 2.05) is 6.08 Å². The predicted molar refractivity (Wildman–Crippen MR) is 56.2 cm³/mol. The van der Waals surface area contributed by atoms with Crippen molar-refractivity contribution in [2.24, 2.45) is 5.92 Å². The van der Waals surface area contributed by atoms with Gasteiger partial charge in [-0.2, -0.15) is 0 Å². The number of hydrogen-bond donors (Lipinski definition) is 1. The Bertz CT molecular complexity index is 283. The van der Waals surface area contributed by atoms with E-state index in [4.69, 9.17) is 4.74 Å². The Morgan fingerprint density at radius 2 is 2.40 bits per heavy atom. The molecule has 0 saturated carbocycles. The van der Waals surface area contributed by atoms with Crippen LogP contribution in [0, 0.1) is 5.92 Å². The van der Waals surface area contributed by atoms with Gasteiger partial charge in [0, 0.05) is 5.92 Å². The number of carbonyl (C=O) groups is 1. The SMILES string of the molecule is CCCC[C@H](O)C1=C[C@H]2OC(=O)C[C@H]2C1. The van der Waals surface area contributed by atoms with E-state index in [0.29, 0.717) is 12.3 Å². The van der Waals surface area contributed by atoms with Gasteiger partial charge in [-0.25, -0.2) is 0 Å². The summed E-state index contributed by atoms with van der Waals surface area (Å²) in [5, 5.41) is 9.89. The molecular weight excluding hydrogens is 192 g/mol. The van der Waals surface area contributed by atoms with Crippen LogP contribution >= 0.6 is 0 Å². The molecule has 3 heteroatoms. The lowest BCUT2D eigenvalue weighted by Gasteiger charge is -2.11. The van der Waals surface area contributed by atoms with Crippen molar-refractivity contribution in [3.05, 3.63) is 11.6 Å². The molecule has 0 spiro atoms. The van der Waals surface area contributed by atoms with Crippen LogP contribution < -0.4 is 0 Å². The average Bonchev–Trinajstić information content (AvgIpc) is 2.70. The fraction of sp³-hybridized carbons (Fsp3) is 0.750. The minimum atomic E-state index is -0.325. The van der Waals surface area contributed by atoms with Crippen molar-refractivity contribution in [2.45, 2.75) is 51.2 Å². The molecule has 1 N–H and O–H groups in total. The average molecular weight is 210 g/mol. The molecule has 1 aliphatic heterocycles. The zero-order valence-corrected chi connectivity index (χ0v) is 9.11. The highest BCUT2D eigenvalue weighted by Gasteiger charge is 2.39. The number of unbranched alkanes of at least 4 members (excludes halogenated alkanes) is 1. The smallest absolute Gasteiger partial charge is 0.306 e. The van der Waals surface area contributed by atoms with Gasteiger partial charge in [0.2, 0.25) is 0 Å². The van der Waals surface area contributed by atoms with Crippen molar-refractivity contribution in [1.82, 2.24) is 0 Å². The van der Waals surface area contributed by atoms with Crippen molar-refractivity contribution >= 4 is 5.97 Å². The van der Waals surface area contributed by atoms with Crippen LogP contribution in [0.5, 0.6) is 0 Å². The Hall–Kier alpha value is -0.830. The summed E-state index contributed by atoms with van der Waals surface area (Å²) in [7, 11) is 0. The highest BCUT2D eigenvalue weighted by atomic mass is 16.5. The molecule has 2 aliphatic rings. The molecule has 1 heterocycles. The highest BCUT2D eigenvalue weighted by Crippen LogP contribution is 2.37. The van der Waals surface area contributed by atoms with Crippen LogP contribution in [-0.4, -0.2) is 23.3 Å². The number of aliphatic hydroxyl groups excluding tert-OH is 1. The van der Waals surface area contributed by atoms with Crippen LogP contribution in [-0.2, 0) is 9.53 Å². The fourth-order valence-electron chi connectivity index (χ4n) is 2.40. The highest BCUT2D eigenvalue weighted by molar-refractivity contribution is 5.73.